The summed E-state index contributed by atoms with van der Waals surface area (Å²) in [5, 5.41) is 0. The van der Waals surface area contributed by atoms with Crippen LogP contribution in [-0.4, -0.2) is 18.9 Å². The van der Waals surface area contributed by atoms with Gasteiger partial charge in [-0.1, -0.05) is 18.2 Å². The minimum atomic E-state index is -0.149. The lowest BCUT2D eigenvalue weighted by Crippen LogP contribution is -2.32. The quantitative estimate of drug-likeness (QED) is 0.609. The molecule has 4 rings (SSSR count). The molecule has 102 valence electrons. The zero-order chi connectivity index (χ0) is 13.9. The molecule has 2 aliphatic carbocycles. The van der Waals surface area contributed by atoms with Gasteiger partial charge in [0, 0.05) is 6.07 Å². The van der Waals surface area contributed by atoms with Crippen molar-refractivity contribution in [3.63, 3.8) is 0 Å². The van der Waals surface area contributed by atoms with Crippen LogP contribution in [0.5, 0.6) is 5.75 Å². The van der Waals surface area contributed by atoms with E-state index in [9.17, 15) is 9.59 Å². The maximum atomic E-state index is 12.6. The normalized spacial score (nSPS) is 34.0. The molecular weight excluding hydrogens is 254 g/mol. The van der Waals surface area contributed by atoms with Gasteiger partial charge in [0.15, 0.2) is 0 Å². The van der Waals surface area contributed by atoms with Crippen molar-refractivity contribution in [3.05, 3.63) is 36.4 Å². The molecule has 1 aromatic rings. The zero-order valence-corrected chi connectivity index (χ0v) is 11.2. The molecule has 4 nitrogen and oxygen atoms in total. The van der Waals surface area contributed by atoms with Gasteiger partial charge in [-0.25, -0.2) is 4.90 Å². The second kappa shape index (κ2) is 3.95. The van der Waals surface area contributed by atoms with Gasteiger partial charge in [0.2, 0.25) is 11.8 Å². The lowest BCUT2D eigenvalue weighted by molar-refractivity contribution is -0.123. The van der Waals surface area contributed by atoms with E-state index in [0.29, 0.717) is 11.4 Å². The number of hydrogen-bond donors (Lipinski definition) is 0. The molecule has 1 saturated heterocycles. The van der Waals surface area contributed by atoms with Crippen LogP contribution < -0.4 is 9.64 Å². The predicted molar refractivity (Wildman–Crippen MR) is 73.2 cm³/mol. The zero-order valence-electron chi connectivity index (χ0n) is 11.2. The van der Waals surface area contributed by atoms with E-state index in [1.165, 1.54) is 4.90 Å². The lowest BCUT2D eigenvalue weighted by Gasteiger charge is -2.17. The highest BCUT2D eigenvalue weighted by Gasteiger charge is 2.59. The Balaban J connectivity index is 1.74. The Morgan fingerprint density at radius 3 is 2.35 bits per heavy atom. The molecule has 1 aromatic carbocycles. The number of nitrogens with zero attached hydrogens (tertiary/aromatic N) is 1. The van der Waals surface area contributed by atoms with Crippen molar-refractivity contribution >= 4 is 17.5 Å². The van der Waals surface area contributed by atoms with Gasteiger partial charge in [-0.05, 0) is 30.4 Å². The first-order valence-electron chi connectivity index (χ1n) is 6.91. The standard InChI is InChI=1S/C16H15NO3/c1-20-12-4-2-3-11(8-12)17-15(18)13-9-5-6-10(7-9)14(13)16(17)19/h2-6,8-10,13-14H,7H2,1H3/t9-,10+,13+,14-. The van der Waals surface area contributed by atoms with Gasteiger partial charge in [0.25, 0.3) is 0 Å². The molecule has 2 fully saturated rings. The molecule has 1 saturated carbocycles. The van der Waals surface area contributed by atoms with Crippen LogP contribution in [0.15, 0.2) is 36.4 Å². The summed E-state index contributed by atoms with van der Waals surface area (Å²) in [6.45, 7) is 0. The molecule has 0 radical (unpaired) electrons. The summed E-state index contributed by atoms with van der Waals surface area (Å²) < 4.78 is 5.17. The highest BCUT2D eigenvalue weighted by Crippen LogP contribution is 2.53. The molecule has 0 aromatic heterocycles. The summed E-state index contributed by atoms with van der Waals surface area (Å²) in [5.74, 6) is 0.748. The van der Waals surface area contributed by atoms with E-state index < -0.39 is 0 Å². The van der Waals surface area contributed by atoms with Gasteiger partial charge < -0.3 is 4.74 Å². The van der Waals surface area contributed by atoms with E-state index in [1.807, 2.05) is 0 Å². The van der Waals surface area contributed by atoms with Crippen LogP contribution in [0.4, 0.5) is 5.69 Å². The van der Waals surface area contributed by atoms with E-state index in [1.54, 1.807) is 31.4 Å². The van der Waals surface area contributed by atoms with E-state index in [4.69, 9.17) is 4.74 Å². The number of carbonyl (C=O) groups is 2. The minimum absolute atomic E-state index is 0.0508. The molecular formula is C16H15NO3. The second-order valence-corrected chi connectivity index (χ2v) is 5.71. The van der Waals surface area contributed by atoms with Crippen molar-refractivity contribution in [2.24, 2.45) is 23.7 Å². The summed E-state index contributed by atoms with van der Waals surface area (Å²) >= 11 is 0. The average Bonchev–Trinajstić information content (AvgIpc) is 3.13. The van der Waals surface area contributed by atoms with Crippen molar-refractivity contribution in [2.45, 2.75) is 6.42 Å². The Labute approximate surface area is 117 Å². The molecule has 0 unspecified atom stereocenters. The lowest BCUT2D eigenvalue weighted by atomic mass is 9.85. The summed E-state index contributed by atoms with van der Waals surface area (Å²) in [6, 6.07) is 7.14. The van der Waals surface area contributed by atoms with Gasteiger partial charge in [0.05, 0.1) is 24.6 Å². The van der Waals surface area contributed by atoms with Crippen molar-refractivity contribution in [2.75, 3.05) is 12.0 Å². The third-order valence-electron chi connectivity index (χ3n) is 4.78. The summed E-state index contributed by atoms with van der Waals surface area (Å²) in [6.07, 6.45) is 5.16. The first-order chi connectivity index (χ1) is 9.70. The van der Waals surface area contributed by atoms with E-state index in [2.05, 4.69) is 12.2 Å². The largest absolute Gasteiger partial charge is 0.497 e. The predicted octanol–water partition coefficient (Wildman–Crippen LogP) is 2.01. The third kappa shape index (κ3) is 1.36. The Hall–Kier alpha value is -2.10. The molecule has 4 heteroatoms. The van der Waals surface area contributed by atoms with Crippen molar-refractivity contribution in [1.29, 1.82) is 0 Å². The number of methoxy groups -OCH3 is 1. The fraction of sp³-hybridized carbons (Fsp3) is 0.375. The first-order valence-corrected chi connectivity index (χ1v) is 6.91. The van der Waals surface area contributed by atoms with E-state index >= 15 is 0 Å². The molecule has 4 atom stereocenters. The molecule has 0 N–H and O–H groups in total. The highest BCUT2D eigenvalue weighted by atomic mass is 16.5. The maximum absolute atomic E-state index is 12.6. The number of anilines is 1. The summed E-state index contributed by atoms with van der Waals surface area (Å²) in [4.78, 5) is 26.6. The van der Waals surface area contributed by atoms with Crippen LogP contribution in [0.2, 0.25) is 0 Å². The van der Waals surface area contributed by atoms with Gasteiger partial charge in [-0.3, -0.25) is 9.59 Å². The minimum Gasteiger partial charge on any atom is -0.497 e. The monoisotopic (exact) mass is 269 g/mol. The molecule has 2 amide bonds. The molecule has 3 aliphatic rings. The number of benzene rings is 1. The van der Waals surface area contributed by atoms with Crippen LogP contribution in [0.3, 0.4) is 0 Å². The maximum Gasteiger partial charge on any atom is 0.238 e. The molecule has 20 heavy (non-hydrogen) atoms. The van der Waals surface area contributed by atoms with E-state index in [0.717, 1.165) is 6.42 Å². The van der Waals surface area contributed by atoms with Crippen molar-refractivity contribution in [1.82, 2.24) is 0 Å². The Morgan fingerprint density at radius 2 is 1.75 bits per heavy atom. The average molecular weight is 269 g/mol. The topological polar surface area (TPSA) is 46.6 Å². The fourth-order valence-corrected chi connectivity index (χ4v) is 3.91. The smallest absolute Gasteiger partial charge is 0.238 e. The summed E-state index contributed by atoms with van der Waals surface area (Å²) in [7, 11) is 1.58. The number of fused-ring (bicyclic) bond motifs is 5. The first kappa shape index (κ1) is 11.7. The molecule has 0 spiro atoms. The third-order valence-corrected chi connectivity index (χ3v) is 4.78. The number of ether oxygens (including phenoxy) is 1. The molecule has 1 heterocycles. The van der Waals surface area contributed by atoms with Crippen molar-refractivity contribution in [3.8, 4) is 5.75 Å². The van der Waals surface area contributed by atoms with Crippen LogP contribution in [0, 0.1) is 23.7 Å². The molecule has 2 bridgehead atoms. The highest BCUT2D eigenvalue weighted by molar-refractivity contribution is 6.22. The van der Waals surface area contributed by atoms with Crippen LogP contribution in [-0.2, 0) is 9.59 Å². The Bertz CT molecular complexity index is 606. The van der Waals surface area contributed by atoms with Gasteiger partial charge in [-0.2, -0.15) is 0 Å². The SMILES string of the molecule is COc1cccc(N2C(=O)[C@@H]3[C@H](C2=O)[C@H]2C=C[C@@H]3C2)c1. The van der Waals surface area contributed by atoms with Gasteiger partial charge >= 0.3 is 0 Å². The number of imide groups is 1. The fourth-order valence-electron chi connectivity index (χ4n) is 3.91. The van der Waals surface area contributed by atoms with Gasteiger partial charge in [-0.15, -0.1) is 0 Å². The van der Waals surface area contributed by atoms with Crippen LogP contribution in [0.25, 0.3) is 0 Å². The number of carbonyl (C=O) groups excluding carboxylic acids is 2. The van der Waals surface area contributed by atoms with E-state index in [-0.39, 0.29) is 35.5 Å². The Morgan fingerprint density at radius 1 is 1.10 bits per heavy atom. The summed E-state index contributed by atoms with van der Waals surface area (Å²) in [5.41, 5.74) is 0.619. The molecule has 1 aliphatic heterocycles. The van der Waals surface area contributed by atoms with Crippen LogP contribution >= 0.6 is 0 Å². The number of amides is 2. The van der Waals surface area contributed by atoms with Gasteiger partial charge in [0.1, 0.15) is 5.75 Å². The second-order valence-electron chi connectivity index (χ2n) is 5.71. The van der Waals surface area contributed by atoms with Crippen molar-refractivity contribution < 1.29 is 14.3 Å². The number of rotatable bonds is 2. The van der Waals surface area contributed by atoms with Crippen LogP contribution in [0.1, 0.15) is 6.42 Å². The number of allylic oxidation sites excluding steroid dienone is 2. The number of hydrogen-bond acceptors (Lipinski definition) is 3. The Kier molecular flexibility index (Phi) is 2.31.